The van der Waals surface area contributed by atoms with Crippen LogP contribution in [0.1, 0.15) is 29.8 Å². The summed E-state index contributed by atoms with van der Waals surface area (Å²) >= 11 is 1.77. The number of thiophene rings is 1. The number of nitrogens with one attached hydrogen (secondary N) is 1. The van der Waals surface area contributed by atoms with E-state index in [1.54, 1.807) is 11.3 Å². The van der Waals surface area contributed by atoms with Gasteiger partial charge < -0.3 is 5.32 Å². The Balaban J connectivity index is 2.20. The first-order valence-corrected chi connectivity index (χ1v) is 6.46. The van der Waals surface area contributed by atoms with Crippen LogP contribution in [-0.2, 0) is 6.54 Å². The fourth-order valence-corrected chi connectivity index (χ4v) is 2.67. The summed E-state index contributed by atoms with van der Waals surface area (Å²) in [5.41, 5.74) is 1.23. The zero-order chi connectivity index (χ0) is 11.4. The van der Waals surface area contributed by atoms with Crippen molar-refractivity contribution in [1.82, 2.24) is 15.1 Å². The van der Waals surface area contributed by atoms with E-state index in [1.165, 1.54) is 10.4 Å². The van der Waals surface area contributed by atoms with Gasteiger partial charge in [0.2, 0.25) is 0 Å². The summed E-state index contributed by atoms with van der Waals surface area (Å²) in [6.45, 7) is 3.15. The third-order valence-electron chi connectivity index (χ3n) is 2.56. The second kappa shape index (κ2) is 5.27. The molecule has 0 aliphatic heterocycles. The van der Waals surface area contributed by atoms with E-state index in [4.69, 9.17) is 0 Å². The molecule has 1 N–H and O–H groups in total. The van der Waals surface area contributed by atoms with Gasteiger partial charge >= 0.3 is 0 Å². The Labute approximate surface area is 100 Å². The van der Waals surface area contributed by atoms with Crippen molar-refractivity contribution in [2.75, 3.05) is 7.05 Å². The van der Waals surface area contributed by atoms with E-state index in [0.29, 0.717) is 0 Å². The minimum atomic E-state index is 0.269. The lowest BCUT2D eigenvalue weighted by atomic mass is 10.1. The topological polar surface area (TPSA) is 29.9 Å². The monoisotopic (exact) mass is 235 g/mol. The van der Waals surface area contributed by atoms with Gasteiger partial charge in [-0.15, -0.1) is 11.3 Å². The van der Waals surface area contributed by atoms with Crippen LogP contribution in [0, 0.1) is 0 Å². The predicted octanol–water partition coefficient (Wildman–Crippen LogP) is 2.66. The minimum absolute atomic E-state index is 0.269. The van der Waals surface area contributed by atoms with E-state index < -0.39 is 0 Å². The second-order valence-electron chi connectivity index (χ2n) is 3.77. The first-order valence-electron chi connectivity index (χ1n) is 5.58. The van der Waals surface area contributed by atoms with E-state index in [1.807, 2.05) is 17.9 Å². The lowest BCUT2D eigenvalue weighted by Crippen LogP contribution is -2.15. The van der Waals surface area contributed by atoms with Crippen LogP contribution < -0.4 is 5.32 Å². The van der Waals surface area contributed by atoms with Crippen molar-refractivity contribution < 1.29 is 0 Å². The summed E-state index contributed by atoms with van der Waals surface area (Å²) in [6.07, 6.45) is 5.20. The highest BCUT2D eigenvalue weighted by molar-refractivity contribution is 7.10. The van der Waals surface area contributed by atoms with E-state index in [0.717, 1.165) is 13.0 Å². The van der Waals surface area contributed by atoms with Gasteiger partial charge in [0.1, 0.15) is 0 Å². The average molecular weight is 235 g/mol. The predicted molar refractivity (Wildman–Crippen MR) is 67.7 cm³/mol. The molecule has 2 aromatic heterocycles. The molecule has 3 nitrogen and oxygen atoms in total. The Bertz CT molecular complexity index is 419. The zero-order valence-electron chi connectivity index (χ0n) is 9.68. The van der Waals surface area contributed by atoms with Gasteiger partial charge in [-0.3, -0.25) is 4.68 Å². The summed E-state index contributed by atoms with van der Waals surface area (Å²) in [5, 5.41) is 9.81. The second-order valence-corrected chi connectivity index (χ2v) is 4.75. The molecule has 1 unspecified atom stereocenters. The van der Waals surface area contributed by atoms with E-state index >= 15 is 0 Å². The van der Waals surface area contributed by atoms with Crippen molar-refractivity contribution in [3.8, 4) is 0 Å². The lowest BCUT2D eigenvalue weighted by Gasteiger charge is -2.11. The number of aromatic nitrogens is 2. The van der Waals surface area contributed by atoms with Crippen molar-refractivity contribution in [3.05, 3.63) is 40.3 Å². The molecule has 0 spiro atoms. The highest BCUT2D eigenvalue weighted by atomic mass is 32.1. The van der Waals surface area contributed by atoms with Crippen LogP contribution in [-0.4, -0.2) is 16.8 Å². The van der Waals surface area contributed by atoms with E-state index in [9.17, 15) is 0 Å². The standard InChI is InChI=1S/C12H17N3S/c1-3-6-15-9-10(8-14-15)12(13-2)11-5-4-7-16-11/h4-5,7-9,12-13H,3,6H2,1-2H3. The summed E-state index contributed by atoms with van der Waals surface area (Å²) in [7, 11) is 1.99. The number of hydrogen-bond donors (Lipinski definition) is 1. The van der Waals surface area contributed by atoms with Crippen LogP contribution in [0.25, 0.3) is 0 Å². The molecule has 2 aromatic rings. The van der Waals surface area contributed by atoms with Crippen LogP contribution in [0.15, 0.2) is 29.9 Å². The first-order chi connectivity index (χ1) is 7.85. The summed E-state index contributed by atoms with van der Waals surface area (Å²) in [6, 6.07) is 4.51. The molecule has 0 radical (unpaired) electrons. The molecule has 4 heteroatoms. The smallest absolute Gasteiger partial charge is 0.0699 e. The molecule has 2 heterocycles. The van der Waals surface area contributed by atoms with Crippen molar-refractivity contribution in [1.29, 1.82) is 0 Å². The van der Waals surface area contributed by atoms with Gasteiger partial charge in [-0.25, -0.2) is 0 Å². The maximum Gasteiger partial charge on any atom is 0.0699 e. The van der Waals surface area contributed by atoms with Gasteiger partial charge in [0.15, 0.2) is 0 Å². The van der Waals surface area contributed by atoms with E-state index in [-0.39, 0.29) is 6.04 Å². The molecule has 0 bridgehead atoms. The number of hydrogen-bond acceptors (Lipinski definition) is 3. The average Bonchev–Trinajstić information content (AvgIpc) is 2.92. The SMILES string of the molecule is CCCn1cc(C(NC)c2cccs2)cn1. The number of aryl methyl sites for hydroxylation is 1. The molecular formula is C12H17N3S. The fraction of sp³-hybridized carbons (Fsp3) is 0.417. The highest BCUT2D eigenvalue weighted by Gasteiger charge is 2.14. The van der Waals surface area contributed by atoms with Gasteiger partial charge in [-0.1, -0.05) is 13.0 Å². The molecule has 1 atom stereocenters. The van der Waals surface area contributed by atoms with Crippen LogP contribution in [0.5, 0.6) is 0 Å². The molecule has 16 heavy (non-hydrogen) atoms. The lowest BCUT2D eigenvalue weighted by molar-refractivity contribution is 0.600. The molecule has 0 fully saturated rings. The van der Waals surface area contributed by atoms with Crippen LogP contribution in [0.3, 0.4) is 0 Å². The molecule has 0 saturated carbocycles. The Morgan fingerprint density at radius 3 is 3.06 bits per heavy atom. The zero-order valence-corrected chi connectivity index (χ0v) is 10.5. The van der Waals surface area contributed by atoms with Crippen molar-refractivity contribution in [2.45, 2.75) is 25.9 Å². The molecule has 0 saturated heterocycles. The first kappa shape index (κ1) is 11.4. The van der Waals surface area contributed by atoms with Crippen LogP contribution in [0.2, 0.25) is 0 Å². The summed E-state index contributed by atoms with van der Waals surface area (Å²) < 4.78 is 2.01. The van der Waals surface area contributed by atoms with E-state index in [2.05, 4.69) is 41.0 Å². The molecule has 0 amide bonds. The molecule has 2 rings (SSSR count). The van der Waals surface area contributed by atoms with Gasteiger partial charge in [0.25, 0.3) is 0 Å². The Kier molecular flexibility index (Phi) is 3.74. The maximum absolute atomic E-state index is 4.37. The van der Waals surface area contributed by atoms with Gasteiger partial charge in [0, 0.05) is 23.2 Å². The minimum Gasteiger partial charge on any atom is -0.309 e. The highest BCUT2D eigenvalue weighted by Crippen LogP contribution is 2.25. The van der Waals surface area contributed by atoms with Crippen molar-refractivity contribution in [2.24, 2.45) is 0 Å². The Morgan fingerprint density at radius 2 is 2.44 bits per heavy atom. The summed E-state index contributed by atoms with van der Waals surface area (Å²) in [5.74, 6) is 0. The molecular weight excluding hydrogens is 218 g/mol. The quantitative estimate of drug-likeness (QED) is 0.863. The molecule has 0 aromatic carbocycles. The van der Waals surface area contributed by atoms with Crippen LogP contribution >= 0.6 is 11.3 Å². The van der Waals surface area contributed by atoms with Crippen molar-refractivity contribution >= 4 is 11.3 Å². The third-order valence-corrected chi connectivity index (χ3v) is 3.49. The van der Waals surface area contributed by atoms with Crippen molar-refractivity contribution in [3.63, 3.8) is 0 Å². The fourth-order valence-electron chi connectivity index (χ4n) is 1.81. The number of nitrogens with zero attached hydrogens (tertiary/aromatic N) is 2. The number of rotatable bonds is 5. The van der Waals surface area contributed by atoms with Gasteiger partial charge in [-0.2, -0.15) is 5.10 Å². The summed E-state index contributed by atoms with van der Waals surface area (Å²) in [4.78, 5) is 1.33. The van der Waals surface area contributed by atoms with Gasteiger partial charge in [-0.05, 0) is 24.9 Å². The Morgan fingerprint density at radius 1 is 1.56 bits per heavy atom. The molecule has 86 valence electrons. The Hall–Kier alpha value is -1.13. The third kappa shape index (κ3) is 2.33. The maximum atomic E-state index is 4.37. The normalized spacial score (nSPS) is 12.9. The molecule has 0 aliphatic carbocycles. The van der Waals surface area contributed by atoms with Crippen LogP contribution in [0.4, 0.5) is 0 Å². The molecule has 0 aliphatic rings. The van der Waals surface area contributed by atoms with Gasteiger partial charge in [0.05, 0.1) is 12.2 Å². The largest absolute Gasteiger partial charge is 0.309 e.